The van der Waals surface area contributed by atoms with Crippen LogP contribution < -0.4 is 0 Å². The summed E-state index contributed by atoms with van der Waals surface area (Å²) in [4.78, 5) is 13.2. The second kappa shape index (κ2) is 8.10. The highest BCUT2D eigenvalue weighted by Gasteiger charge is 2.13. The van der Waals surface area contributed by atoms with Crippen LogP contribution in [-0.4, -0.2) is 29.1 Å². The molecule has 1 aromatic heterocycles. The molecular weight excluding hydrogens is 254 g/mol. The van der Waals surface area contributed by atoms with Gasteiger partial charge in [0, 0.05) is 0 Å². The molecule has 0 fully saturated rings. The quantitative estimate of drug-likeness (QED) is 0.746. The van der Waals surface area contributed by atoms with E-state index in [0.717, 1.165) is 31.7 Å². The largest absolute Gasteiger partial charge is 0.475 e. The van der Waals surface area contributed by atoms with Crippen LogP contribution in [0.2, 0.25) is 0 Å². The first-order valence-electron chi connectivity index (χ1n) is 7.42. The van der Waals surface area contributed by atoms with Gasteiger partial charge in [0.1, 0.15) is 5.76 Å². The molecule has 0 atom stereocenters. The van der Waals surface area contributed by atoms with Crippen molar-refractivity contribution in [2.45, 2.75) is 47.1 Å². The van der Waals surface area contributed by atoms with Gasteiger partial charge < -0.3 is 9.52 Å². The van der Waals surface area contributed by atoms with Gasteiger partial charge in [-0.15, -0.1) is 0 Å². The summed E-state index contributed by atoms with van der Waals surface area (Å²) in [7, 11) is 0. The summed E-state index contributed by atoms with van der Waals surface area (Å²) < 4.78 is 5.35. The minimum atomic E-state index is -1.01. The summed E-state index contributed by atoms with van der Waals surface area (Å²) in [6.07, 6.45) is 2.29. The average Bonchev–Trinajstić information content (AvgIpc) is 2.81. The molecule has 0 spiro atoms. The van der Waals surface area contributed by atoms with E-state index in [-0.39, 0.29) is 5.76 Å². The zero-order valence-corrected chi connectivity index (χ0v) is 13.1. The van der Waals surface area contributed by atoms with Gasteiger partial charge in [0.15, 0.2) is 0 Å². The van der Waals surface area contributed by atoms with Crippen LogP contribution in [0.3, 0.4) is 0 Å². The Kier molecular flexibility index (Phi) is 6.79. The van der Waals surface area contributed by atoms with Crippen LogP contribution in [0, 0.1) is 11.8 Å². The van der Waals surface area contributed by atoms with Crippen molar-refractivity contribution in [1.82, 2.24) is 4.90 Å². The second-order valence-electron chi connectivity index (χ2n) is 6.21. The standard InChI is InChI=1S/C16H27NO3/c1-12(2)7-9-17(10-8-13(3)4)11-14-5-6-15(20-14)16(18)19/h5-6,12-13H,7-11H2,1-4H3,(H,18,19). The smallest absolute Gasteiger partial charge is 0.371 e. The van der Waals surface area contributed by atoms with Crippen molar-refractivity contribution in [3.05, 3.63) is 23.7 Å². The number of aromatic carboxylic acids is 1. The molecule has 0 amide bonds. The zero-order chi connectivity index (χ0) is 15.1. The van der Waals surface area contributed by atoms with Crippen LogP contribution in [-0.2, 0) is 6.54 Å². The number of hydrogen-bond acceptors (Lipinski definition) is 3. The zero-order valence-electron chi connectivity index (χ0n) is 13.1. The lowest BCUT2D eigenvalue weighted by molar-refractivity contribution is 0.0658. The molecule has 0 unspecified atom stereocenters. The van der Waals surface area contributed by atoms with Crippen molar-refractivity contribution in [2.24, 2.45) is 11.8 Å². The molecule has 0 bridgehead atoms. The third-order valence-corrected chi connectivity index (χ3v) is 3.30. The van der Waals surface area contributed by atoms with E-state index >= 15 is 0 Å². The number of rotatable bonds is 9. The first kappa shape index (κ1) is 16.8. The molecule has 1 aromatic rings. The molecule has 20 heavy (non-hydrogen) atoms. The number of hydrogen-bond donors (Lipinski definition) is 1. The molecule has 0 saturated carbocycles. The number of furan rings is 1. The monoisotopic (exact) mass is 281 g/mol. The molecule has 1 heterocycles. The van der Waals surface area contributed by atoms with Gasteiger partial charge in [0.2, 0.25) is 5.76 Å². The third-order valence-electron chi connectivity index (χ3n) is 3.30. The van der Waals surface area contributed by atoms with Crippen molar-refractivity contribution >= 4 is 5.97 Å². The molecule has 0 radical (unpaired) electrons. The fraction of sp³-hybridized carbons (Fsp3) is 0.688. The van der Waals surface area contributed by atoms with E-state index in [1.807, 2.05) is 0 Å². The van der Waals surface area contributed by atoms with Crippen LogP contribution in [0.1, 0.15) is 56.9 Å². The first-order valence-corrected chi connectivity index (χ1v) is 7.42. The minimum Gasteiger partial charge on any atom is -0.475 e. The molecule has 114 valence electrons. The fourth-order valence-electron chi connectivity index (χ4n) is 1.95. The van der Waals surface area contributed by atoms with Crippen LogP contribution in [0.15, 0.2) is 16.5 Å². The van der Waals surface area contributed by atoms with E-state index in [0.29, 0.717) is 18.4 Å². The number of carboxylic acid groups (broad SMARTS) is 1. The van der Waals surface area contributed by atoms with Gasteiger partial charge in [0.05, 0.1) is 6.54 Å². The Morgan fingerprint density at radius 1 is 1.15 bits per heavy atom. The first-order chi connectivity index (χ1) is 9.38. The number of carbonyl (C=O) groups is 1. The predicted octanol–water partition coefficient (Wildman–Crippen LogP) is 3.87. The summed E-state index contributed by atoms with van der Waals surface area (Å²) >= 11 is 0. The molecule has 4 heteroatoms. The lowest BCUT2D eigenvalue weighted by atomic mass is 10.1. The average molecular weight is 281 g/mol. The van der Waals surface area contributed by atoms with Crippen molar-refractivity contribution < 1.29 is 14.3 Å². The lowest BCUT2D eigenvalue weighted by Gasteiger charge is -2.23. The van der Waals surface area contributed by atoms with Crippen LogP contribution in [0.4, 0.5) is 0 Å². The maximum atomic E-state index is 10.8. The Balaban J connectivity index is 2.58. The van der Waals surface area contributed by atoms with Gasteiger partial charge in [-0.3, -0.25) is 4.90 Å². The molecular formula is C16H27NO3. The van der Waals surface area contributed by atoms with Gasteiger partial charge in [-0.2, -0.15) is 0 Å². The van der Waals surface area contributed by atoms with Gasteiger partial charge in [-0.05, 0) is 49.9 Å². The van der Waals surface area contributed by atoms with E-state index < -0.39 is 5.97 Å². The highest BCUT2D eigenvalue weighted by atomic mass is 16.4. The van der Waals surface area contributed by atoms with Crippen molar-refractivity contribution in [3.8, 4) is 0 Å². The maximum absolute atomic E-state index is 10.8. The molecule has 0 aliphatic heterocycles. The van der Waals surface area contributed by atoms with Gasteiger partial charge in [-0.1, -0.05) is 27.7 Å². The van der Waals surface area contributed by atoms with E-state index in [2.05, 4.69) is 32.6 Å². The Bertz CT molecular complexity index is 398. The number of nitrogens with zero attached hydrogens (tertiary/aromatic N) is 1. The lowest BCUT2D eigenvalue weighted by Crippen LogP contribution is -2.27. The van der Waals surface area contributed by atoms with Crippen LogP contribution in [0.25, 0.3) is 0 Å². The normalized spacial score (nSPS) is 11.8. The molecule has 0 aliphatic rings. The third kappa shape index (κ3) is 6.24. The molecule has 0 aromatic carbocycles. The molecule has 1 N–H and O–H groups in total. The topological polar surface area (TPSA) is 53.7 Å². The SMILES string of the molecule is CC(C)CCN(CCC(C)C)Cc1ccc(C(=O)O)o1. The molecule has 0 saturated heterocycles. The Morgan fingerprint density at radius 3 is 2.10 bits per heavy atom. The highest BCUT2D eigenvalue weighted by Crippen LogP contribution is 2.14. The Hall–Kier alpha value is -1.29. The molecule has 4 nitrogen and oxygen atoms in total. The fourth-order valence-corrected chi connectivity index (χ4v) is 1.95. The van der Waals surface area contributed by atoms with E-state index in [4.69, 9.17) is 9.52 Å². The summed E-state index contributed by atoms with van der Waals surface area (Å²) in [5, 5.41) is 8.88. The Labute approximate surface area is 121 Å². The van der Waals surface area contributed by atoms with Gasteiger partial charge >= 0.3 is 5.97 Å². The van der Waals surface area contributed by atoms with Gasteiger partial charge in [0.25, 0.3) is 0 Å². The van der Waals surface area contributed by atoms with E-state index in [9.17, 15) is 4.79 Å². The van der Waals surface area contributed by atoms with E-state index in [1.165, 1.54) is 6.07 Å². The predicted molar refractivity (Wildman–Crippen MR) is 79.9 cm³/mol. The van der Waals surface area contributed by atoms with Crippen molar-refractivity contribution in [3.63, 3.8) is 0 Å². The second-order valence-corrected chi connectivity index (χ2v) is 6.21. The van der Waals surface area contributed by atoms with Crippen LogP contribution >= 0.6 is 0 Å². The maximum Gasteiger partial charge on any atom is 0.371 e. The van der Waals surface area contributed by atoms with E-state index in [1.54, 1.807) is 6.07 Å². The Morgan fingerprint density at radius 2 is 1.70 bits per heavy atom. The van der Waals surface area contributed by atoms with Crippen LogP contribution in [0.5, 0.6) is 0 Å². The summed E-state index contributed by atoms with van der Waals surface area (Å²) in [6.45, 7) is 11.6. The number of carboxylic acids is 1. The minimum absolute atomic E-state index is 0.0210. The van der Waals surface area contributed by atoms with Crippen molar-refractivity contribution in [2.75, 3.05) is 13.1 Å². The van der Waals surface area contributed by atoms with Crippen molar-refractivity contribution in [1.29, 1.82) is 0 Å². The summed E-state index contributed by atoms with van der Waals surface area (Å²) in [5.41, 5.74) is 0. The molecule has 0 aliphatic carbocycles. The summed E-state index contributed by atoms with van der Waals surface area (Å²) in [5.74, 6) is 1.08. The molecule has 1 rings (SSSR count). The highest BCUT2D eigenvalue weighted by molar-refractivity contribution is 5.84. The summed E-state index contributed by atoms with van der Waals surface area (Å²) in [6, 6.07) is 3.29. The van der Waals surface area contributed by atoms with Gasteiger partial charge in [-0.25, -0.2) is 4.79 Å².